The molecule has 4 aromatic rings. The van der Waals surface area contributed by atoms with Crippen molar-refractivity contribution in [2.24, 2.45) is 0 Å². The van der Waals surface area contributed by atoms with Crippen molar-refractivity contribution >= 4 is 35.2 Å². The first-order chi connectivity index (χ1) is 14.7. The predicted molar refractivity (Wildman–Crippen MR) is 129 cm³/mol. The third-order valence-electron chi connectivity index (χ3n) is 5.17. The first-order valence-electron chi connectivity index (χ1n) is 9.74. The molecule has 1 aromatic heterocycles. The van der Waals surface area contributed by atoms with Crippen LogP contribution in [0.25, 0.3) is 23.4 Å². The van der Waals surface area contributed by atoms with Gasteiger partial charge in [-0.3, -0.25) is 4.98 Å². The van der Waals surface area contributed by atoms with Crippen LogP contribution < -0.4 is 15.9 Å². The summed E-state index contributed by atoms with van der Waals surface area (Å²) in [6.07, 6.45) is 5.35. The average Bonchev–Trinajstić information content (AvgIpc) is 2.84. The van der Waals surface area contributed by atoms with Gasteiger partial charge < -0.3 is 4.57 Å². The molecule has 0 radical (unpaired) electrons. The molecule has 1 heterocycles. The minimum atomic E-state index is -3.04. The molecule has 0 unspecified atom stereocenters. The zero-order valence-electron chi connectivity index (χ0n) is 16.6. The van der Waals surface area contributed by atoms with Crippen LogP contribution >= 0.6 is 7.14 Å². The summed E-state index contributed by atoms with van der Waals surface area (Å²) in [5, 5.41) is 2.40. The van der Waals surface area contributed by atoms with E-state index in [2.05, 4.69) is 18.1 Å². The van der Waals surface area contributed by atoms with Gasteiger partial charge in [0.2, 0.25) is 0 Å². The van der Waals surface area contributed by atoms with Crippen LogP contribution in [-0.2, 0) is 4.57 Å². The highest BCUT2D eigenvalue weighted by molar-refractivity contribution is 7.85. The van der Waals surface area contributed by atoms with Crippen LogP contribution in [0.3, 0.4) is 0 Å². The molecule has 4 rings (SSSR count). The van der Waals surface area contributed by atoms with Crippen molar-refractivity contribution in [1.82, 2.24) is 4.98 Å². The molecule has 146 valence electrons. The van der Waals surface area contributed by atoms with Gasteiger partial charge >= 0.3 is 0 Å². The van der Waals surface area contributed by atoms with E-state index in [1.54, 1.807) is 18.3 Å². The Labute approximate surface area is 177 Å². The normalized spacial score (nSPS) is 11.1. The largest absolute Gasteiger partial charge is 0.309 e. The van der Waals surface area contributed by atoms with Crippen LogP contribution in [-0.4, -0.2) is 4.98 Å². The zero-order valence-corrected chi connectivity index (χ0v) is 17.5. The maximum absolute atomic E-state index is 14.6. The van der Waals surface area contributed by atoms with Gasteiger partial charge in [0, 0.05) is 33.2 Å². The molecule has 0 bridgehead atoms. The van der Waals surface area contributed by atoms with E-state index in [0.717, 1.165) is 38.3 Å². The topological polar surface area (TPSA) is 30.0 Å². The summed E-state index contributed by atoms with van der Waals surface area (Å²) in [5.74, 6) is 0. The van der Waals surface area contributed by atoms with E-state index < -0.39 is 7.14 Å². The molecule has 2 nitrogen and oxygen atoms in total. The summed E-state index contributed by atoms with van der Waals surface area (Å²) < 4.78 is 14.6. The van der Waals surface area contributed by atoms with Crippen LogP contribution in [0, 0.1) is 0 Å². The smallest absolute Gasteiger partial charge is 0.171 e. The lowest BCUT2D eigenvalue weighted by molar-refractivity contribution is 0.592. The second kappa shape index (κ2) is 8.49. The van der Waals surface area contributed by atoms with E-state index in [9.17, 15) is 4.57 Å². The predicted octanol–water partition coefficient (Wildman–Crippen LogP) is 5.67. The highest BCUT2D eigenvalue weighted by Gasteiger charge is 2.29. The summed E-state index contributed by atoms with van der Waals surface area (Å²) in [6, 6.07) is 29.1. The molecule has 0 N–H and O–H groups in total. The van der Waals surface area contributed by atoms with Crippen LogP contribution in [0.5, 0.6) is 0 Å². The van der Waals surface area contributed by atoms with Crippen molar-refractivity contribution in [3.05, 3.63) is 121 Å². The molecule has 30 heavy (non-hydrogen) atoms. The second-order valence-electron chi connectivity index (χ2n) is 6.90. The molecular weight excluding hydrogens is 385 g/mol. The second-order valence-corrected chi connectivity index (χ2v) is 9.67. The molecule has 0 saturated carbocycles. The first kappa shape index (κ1) is 19.8. The summed E-state index contributed by atoms with van der Waals surface area (Å²) >= 11 is 0. The number of rotatable bonds is 6. The van der Waals surface area contributed by atoms with Gasteiger partial charge in [-0.05, 0) is 17.7 Å². The molecule has 3 heteroatoms. The Hall–Kier alpha value is -3.48. The lowest BCUT2D eigenvalue weighted by Gasteiger charge is -2.21. The van der Waals surface area contributed by atoms with Crippen LogP contribution in [0.1, 0.15) is 11.1 Å². The van der Waals surface area contributed by atoms with E-state index >= 15 is 0 Å². The Kier molecular flexibility index (Phi) is 5.61. The van der Waals surface area contributed by atoms with Crippen LogP contribution in [0.4, 0.5) is 0 Å². The number of hydrogen-bond donors (Lipinski definition) is 0. The zero-order chi connectivity index (χ0) is 21.0. The molecule has 0 atom stereocenters. The fraction of sp³-hybridized carbons (Fsp3) is 0. The SMILES string of the molecule is C=Cc1ccnc(-c2cccc(P(=O)(c3ccccc3)c3ccccc3)c2)c1C=C. The van der Waals surface area contributed by atoms with E-state index in [0.29, 0.717) is 0 Å². The Morgan fingerprint density at radius 1 is 0.700 bits per heavy atom. The first-order valence-corrected chi connectivity index (χ1v) is 11.5. The van der Waals surface area contributed by atoms with Crippen molar-refractivity contribution < 1.29 is 4.57 Å². The molecule has 0 aliphatic carbocycles. The van der Waals surface area contributed by atoms with Crippen molar-refractivity contribution in [1.29, 1.82) is 0 Å². The number of pyridine rings is 1. The molecule has 0 amide bonds. The van der Waals surface area contributed by atoms with Crippen LogP contribution in [0.2, 0.25) is 0 Å². The van der Waals surface area contributed by atoms with Crippen molar-refractivity contribution in [2.75, 3.05) is 0 Å². The summed E-state index contributed by atoms with van der Waals surface area (Å²) in [6.45, 7) is 7.84. The lowest BCUT2D eigenvalue weighted by Crippen LogP contribution is -2.25. The van der Waals surface area contributed by atoms with E-state index in [1.165, 1.54) is 0 Å². The average molecular weight is 407 g/mol. The Balaban J connectivity index is 1.95. The third-order valence-corrected chi connectivity index (χ3v) is 8.23. The summed E-state index contributed by atoms with van der Waals surface area (Å²) in [5.41, 5.74) is 3.59. The number of aromatic nitrogens is 1. The van der Waals surface area contributed by atoms with E-state index in [-0.39, 0.29) is 0 Å². The maximum Gasteiger partial charge on any atom is 0.171 e. The van der Waals surface area contributed by atoms with Gasteiger partial charge in [0.25, 0.3) is 0 Å². The molecule has 3 aromatic carbocycles. The monoisotopic (exact) mass is 407 g/mol. The molecule has 0 saturated heterocycles. The minimum absolute atomic E-state index is 0.776. The molecule has 0 fully saturated rings. The fourth-order valence-electron chi connectivity index (χ4n) is 3.68. The highest BCUT2D eigenvalue weighted by Crippen LogP contribution is 2.43. The van der Waals surface area contributed by atoms with Gasteiger partial charge in [-0.25, -0.2) is 0 Å². The fourth-order valence-corrected chi connectivity index (χ4v) is 6.38. The molecular formula is C27H22NOP. The van der Waals surface area contributed by atoms with Gasteiger partial charge in [0.05, 0.1) is 5.69 Å². The Morgan fingerprint density at radius 2 is 1.30 bits per heavy atom. The minimum Gasteiger partial charge on any atom is -0.309 e. The summed E-state index contributed by atoms with van der Waals surface area (Å²) in [7, 11) is -3.04. The van der Waals surface area contributed by atoms with Gasteiger partial charge in [-0.2, -0.15) is 0 Å². The van der Waals surface area contributed by atoms with Gasteiger partial charge in [-0.1, -0.05) is 104 Å². The highest BCUT2D eigenvalue weighted by atomic mass is 31.2. The molecule has 0 aliphatic heterocycles. The quantitative estimate of drug-likeness (QED) is 0.385. The van der Waals surface area contributed by atoms with Crippen molar-refractivity contribution in [3.63, 3.8) is 0 Å². The number of nitrogens with zero attached hydrogens (tertiary/aromatic N) is 1. The summed E-state index contributed by atoms with van der Waals surface area (Å²) in [4.78, 5) is 4.59. The lowest BCUT2D eigenvalue weighted by atomic mass is 10.0. The van der Waals surface area contributed by atoms with Crippen molar-refractivity contribution in [2.45, 2.75) is 0 Å². The molecule has 0 spiro atoms. The van der Waals surface area contributed by atoms with Gasteiger partial charge in [0.1, 0.15) is 0 Å². The van der Waals surface area contributed by atoms with E-state index in [4.69, 9.17) is 0 Å². The number of benzene rings is 3. The standard InChI is InChI=1S/C27H22NOP/c1-3-21-18-19-28-27(26(21)4-2)22-12-11-17-25(20-22)30(29,23-13-7-5-8-14-23)24-15-9-6-10-16-24/h3-20H,1-2H2. The van der Waals surface area contributed by atoms with Crippen molar-refractivity contribution in [3.8, 4) is 11.3 Å². The maximum atomic E-state index is 14.6. The Bertz CT molecular complexity index is 1200. The van der Waals surface area contributed by atoms with E-state index in [1.807, 2.05) is 91.0 Å². The Morgan fingerprint density at radius 3 is 1.87 bits per heavy atom. The van der Waals surface area contributed by atoms with Gasteiger partial charge in [-0.15, -0.1) is 0 Å². The van der Waals surface area contributed by atoms with Gasteiger partial charge in [0.15, 0.2) is 7.14 Å². The van der Waals surface area contributed by atoms with Crippen LogP contribution in [0.15, 0.2) is 110 Å². The third kappa shape index (κ3) is 3.47. The number of hydrogen-bond acceptors (Lipinski definition) is 2. The molecule has 0 aliphatic rings.